The highest BCUT2D eigenvalue weighted by molar-refractivity contribution is 6.22. The smallest absolute Gasteiger partial charge is 0.111 e. The van der Waals surface area contributed by atoms with Gasteiger partial charge in [0.25, 0.3) is 0 Å². The lowest BCUT2D eigenvalue weighted by Gasteiger charge is -2.20. The molecular formula is C39H27N3. The zero-order chi connectivity index (χ0) is 30.5. The summed E-state index contributed by atoms with van der Waals surface area (Å²) >= 11 is 0. The fourth-order valence-corrected chi connectivity index (χ4v) is 6.24. The van der Waals surface area contributed by atoms with Gasteiger partial charge in [0.1, 0.15) is 5.82 Å². The lowest BCUT2D eigenvalue weighted by atomic mass is 9.85. The Balaban J connectivity index is 1.42. The molecule has 0 saturated heterocycles. The van der Waals surface area contributed by atoms with Crippen LogP contribution in [0.3, 0.4) is 0 Å². The number of aromatic nitrogens is 3. The van der Waals surface area contributed by atoms with Crippen molar-refractivity contribution in [2.45, 2.75) is 6.85 Å². The molecule has 0 fully saturated rings. The van der Waals surface area contributed by atoms with Crippen molar-refractivity contribution in [1.29, 1.82) is 0 Å². The van der Waals surface area contributed by atoms with Crippen LogP contribution >= 0.6 is 0 Å². The van der Waals surface area contributed by atoms with Crippen LogP contribution in [0.5, 0.6) is 0 Å². The number of rotatable bonds is 4. The highest BCUT2D eigenvalue weighted by atomic mass is 15.1. The Morgan fingerprint density at radius 2 is 1.17 bits per heavy atom. The van der Waals surface area contributed by atoms with E-state index in [0.29, 0.717) is 5.52 Å². The monoisotopic (exact) mass is 540 g/mol. The van der Waals surface area contributed by atoms with Crippen LogP contribution in [0.2, 0.25) is 0 Å². The third kappa shape index (κ3) is 3.82. The van der Waals surface area contributed by atoms with E-state index in [0.717, 1.165) is 66.1 Å². The topological polar surface area (TPSA) is 30.7 Å². The van der Waals surface area contributed by atoms with Crippen molar-refractivity contribution >= 4 is 32.6 Å². The summed E-state index contributed by atoms with van der Waals surface area (Å²) in [7, 11) is 0. The minimum absolute atomic E-state index is 0.0510. The average molecular weight is 541 g/mol. The van der Waals surface area contributed by atoms with E-state index in [1.807, 2.05) is 59.3 Å². The van der Waals surface area contributed by atoms with Crippen molar-refractivity contribution in [2.24, 2.45) is 0 Å². The van der Waals surface area contributed by atoms with E-state index in [-0.39, 0.29) is 5.82 Å². The van der Waals surface area contributed by atoms with E-state index < -0.39 is 6.85 Å². The minimum atomic E-state index is -2.40. The Bertz CT molecular complexity index is 2300. The number of aryl methyl sites for hydroxylation is 1. The van der Waals surface area contributed by atoms with Crippen LogP contribution in [0.25, 0.3) is 71.6 Å². The maximum Gasteiger partial charge on any atom is 0.111 e. The van der Waals surface area contributed by atoms with Gasteiger partial charge in [0.15, 0.2) is 0 Å². The summed E-state index contributed by atoms with van der Waals surface area (Å²) in [5.74, 6) is 0.0510. The maximum absolute atomic E-state index is 8.37. The molecule has 0 atom stereocenters. The van der Waals surface area contributed by atoms with Crippen LogP contribution in [0, 0.1) is 6.85 Å². The molecule has 8 aromatic rings. The Kier molecular flexibility index (Phi) is 4.97. The van der Waals surface area contributed by atoms with E-state index in [4.69, 9.17) is 4.11 Å². The molecule has 42 heavy (non-hydrogen) atoms. The first-order valence-electron chi connectivity index (χ1n) is 15.5. The number of pyridine rings is 1. The van der Waals surface area contributed by atoms with Crippen molar-refractivity contribution in [3.8, 4) is 39.1 Å². The van der Waals surface area contributed by atoms with Crippen LogP contribution in [-0.4, -0.2) is 14.5 Å². The molecule has 2 heterocycles. The second kappa shape index (κ2) is 9.83. The molecular weight excluding hydrogens is 510 g/mol. The molecule has 6 aromatic carbocycles. The zero-order valence-electron chi connectivity index (χ0n) is 25.7. The molecule has 8 rings (SSSR count). The first-order valence-corrected chi connectivity index (χ1v) is 14.0. The molecule has 3 heteroatoms. The van der Waals surface area contributed by atoms with Crippen molar-refractivity contribution < 1.29 is 4.11 Å². The molecule has 0 spiro atoms. The van der Waals surface area contributed by atoms with E-state index >= 15 is 0 Å². The number of fused-ring (bicyclic) bond motifs is 3. The van der Waals surface area contributed by atoms with Gasteiger partial charge in [-0.05, 0) is 80.5 Å². The van der Waals surface area contributed by atoms with Gasteiger partial charge in [-0.2, -0.15) is 0 Å². The molecule has 3 nitrogen and oxygen atoms in total. The predicted molar refractivity (Wildman–Crippen MR) is 175 cm³/mol. The Labute approximate surface area is 248 Å². The zero-order valence-corrected chi connectivity index (χ0v) is 22.7. The third-order valence-corrected chi connectivity index (χ3v) is 8.08. The van der Waals surface area contributed by atoms with E-state index in [9.17, 15) is 0 Å². The van der Waals surface area contributed by atoms with E-state index in [2.05, 4.69) is 94.9 Å². The lowest BCUT2D eigenvalue weighted by molar-refractivity contribution is 1.00. The van der Waals surface area contributed by atoms with Gasteiger partial charge in [0.05, 0.1) is 16.7 Å². The largest absolute Gasteiger partial charge is 0.296 e. The average Bonchev–Trinajstić information content (AvgIpc) is 3.48. The van der Waals surface area contributed by atoms with Crippen molar-refractivity contribution in [1.82, 2.24) is 14.5 Å². The van der Waals surface area contributed by atoms with Gasteiger partial charge < -0.3 is 0 Å². The number of imidazole rings is 1. The van der Waals surface area contributed by atoms with Crippen LogP contribution in [-0.2, 0) is 0 Å². The molecule has 198 valence electrons. The maximum atomic E-state index is 8.37. The molecule has 0 aliphatic rings. The lowest BCUT2D eigenvalue weighted by Crippen LogP contribution is -2.00. The fraction of sp³-hybridized carbons (Fsp3) is 0.0256. The molecule has 0 unspecified atom stereocenters. The van der Waals surface area contributed by atoms with Crippen LogP contribution in [0.1, 0.15) is 9.94 Å². The van der Waals surface area contributed by atoms with Gasteiger partial charge >= 0.3 is 0 Å². The summed E-state index contributed by atoms with van der Waals surface area (Å²) in [6, 6.07) is 45.3. The highest BCUT2D eigenvalue weighted by Crippen LogP contribution is 2.45. The van der Waals surface area contributed by atoms with Gasteiger partial charge in [-0.25, -0.2) is 4.98 Å². The second-order valence-electron chi connectivity index (χ2n) is 10.4. The number of hydrogen-bond donors (Lipinski definition) is 0. The molecule has 0 aliphatic heterocycles. The molecule has 0 aliphatic carbocycles. The Hall–Kier alpha value is -5.54. The van der Waals surface area contributed by atoms with Crippen LogP contribution < -0.4 is 0 Å². The molecule has 0 radical (unpaired) electrons. The van der Waals surface area contributed by atoms with Gasteiger partial charge in [-0.3, -0.25) is 9.55 Å². The Morgan fingerprint density at radius 1 is 0.548 bits per heavy atom. The predicted octanol–water partition coefficient (Wildman–Crippen LogP) is 10.0. The summed E-state index contributed by atoms with van der Waals surface area (Å²) in [6.07, 6.45) is 3.67. The normalized spacial score (nSPS) is 12.8. The first kappa shape index (κ1) is 21.2. The summed E-state index contributed by atoms with van der Waals surface area (Å²) < 4.78 is 26.9. The quantitative estimate of drug-likeness (QED) is 0.208. The summed E-state index contributed by atoms with van der Waals surface area (Å²) in [5.41, 5.74) is 8.67. The summed E-state index contributed by atoms with van der Waals surface area (Å²) in [6.45, 7) is -2.40. The highest BCUT2D eigenvalue weighted by Gasteiger charge is 2.20. The van der Waals surface area contributed by atoms with Gasteiger partial charge in [0, 0.05) is 22.1 Å². The molecule has 2 aromatic heterocycles. The minimum Gasteiger partial charge on any atom is -0.296 e. The second-order valence-corrected chi connectivity index (χ2v) is 10.4. The van der Waals surface area contributed by atoms with Crippen LogP contribution in [0.15, 0.2) is 146 Å². The summed E-state index contributed by atoms with van der Waals surface area (Å²) in [4.78, 5) is 8.89. The van der Waals surface area contributed by atoms with Gasteiger partial charge in [-0.1, -0.05) is 109 Å². The van der Waals surface area contributed by atoms with Crippen LogP contribution in [0.4, 0.5) is 0 Å². The standard InChI is InChI=1S/C39H27N3/c1-26-41-35-17-7-9-19-37(35)42(26)36-18-8-6-16-34(36)39-32-14-4-2-12-30(32)38(31-13-3-5-15-33(31)39)28-22-20-27(21-23-28)29-11-10-24-40-25-29/h2-25H,1H3/i1D3. The number of hydrogen-bond acceptors (Lipinski definition) is 2. The SMILES string of the molecule is [2H]C([2H])([2H])c1nc2ccccc2n1-c1ccccc1-c1c2ccccc2c(-c2ccc(-c3cccnc3)cc2)c2ccccc12. The van der Waals surface area contributed by atoms with Gasteiger partial charge in [0.2, 0.25) is 0 Å². The van der Waals surface area contributed by atoms with E-state index in [1.54, 1.807) is 6.20 Å². The fourth-order valence-electron chi connectivity index (χ4n) is 6.24. The van der Waals surface area contributed by atoms with Crippen molar-refractivity contribution in [3.05, 3.63) is 152 Å². The van der Waals surface area contributed by atoms with Crippen molar-refractivity contribution in [3.63, 3.8) is 0 Å². The van der Waals surface area contributed by atoms with E-state index in [1.165, 1.54) is 0 Å². The molecule has 0 amide bonds. The molecule has 0 bridgehead atoms. The number of benzene rings is 6. The number of nitrogens with zero attached hydrogens (tertiary/aromatic N) is 3. The molecule has 0 saturated carbocycles. The van der Waals surface area contributed by atoms with Crippen molar-refractivity contribution in [2.75, 3.05) is 0 Å². The first-order chi connectivity index (χ1) is 22.0. The summed E-state index contributed by atoms with van der Waals surface area (Å²) in [5, 5.41) is 4.44. The van der Waals surface area contributed by atoms with Gasteiger partial charge in [-0.15, -0.1) is 0 Å². The number of para-hydroxylation sites is 3. The third-order valence-electron chi connectivity index (χ3n) is 8.08. The Morgan fingerprint density at radius 3 is 1.86 bits per heavy atom. The molecule has 0 N–H and O–H groups in total.